The largest absolute Gasteiger partial charge is 0.494 e. The van der Waals surface area contributed by atoms with Gasteiger partial charge in [0, 0.05) is 12.4 Å². The minimum Gasteiger partial charge on any atom is -0.494 e. The first-order valence-electron chi connectivity index (χ1n) is 6.44. The van der Waals surface area contributed by atoms with Gasteiger partial charge in [-0.25, -0.2) is 14.2 Å². The van der Waals surface area contributed by atoms with Crippen molar-refractivity contribution in [3.05, 3.63) is 65.4 Å². The van der Waals surface area contributed by atoms with Crippen molar-refractivity contribution >= 4 is 17.9 Å². The maximum absolute atomic E-state index is 13.6. The second-order valence-electron chi connectivity index (χ2n) is 4.47. The molecule has 0 N–H and O–H groups in total. The average molecular weight is 298 g/mol. The van der Waals surface area contributed by atoms with Gasteiger partial charge in [0.2, 0.25) is 5.90 Å². The Morgan fingerprint density at radius 3 is 2.86 bits per heavy atom. The third-order valence-electron chi connectivity index (χ3n) is 3.01. The van der Waals surface area contributed by atoms with Crippen LogP contribution in [0.2, 0.25) is 0 Å². The molecule has 0 spiro atoms. The molecule has 3 rings (SSSR count). The number of nitrogens with zero attached hydrogens (tertiary/aromatic N) is 2. The van der Waals surface area contributed by atoms with Crippen LogP contribution in [0.3, 0.4) is 0 Å². The van der Waals surface area contributed by atoms with Crippen molar-refractivity contribution in [1.29, 1.82) is 0 Å². The molecule has 0 saturated heterocycles. The second-order valence-corrected chi connectivity index (χ2v) is 4.47. The summed E-state index contributed by atoms with van der Waals surface area (Å²) in [5.74, 6) is -0.788. The first kappa shape index (κ1) is 13.9. The third kappa shape index (κ3) is 2.71. The highest BCUT2D eigenvalue weighted by atomic mass is 19.1. The lowest BCUT2D eigenvalue weighted by atomic mass is 10.2. The van der Waals surface area contributed by atoms with Crippen LogP contribution in [0.25, 0.3) is 6.08 Å². The van der Waals surface area contributed by atoms with Gasteiger partial charge in [0.1, 0.15) is 0 Å². The van der Waals surface area contributed by atoms with Crippen molar-refractivity contribution in [1.82, 2.24) is 4.98 Å². The summed E-state index contributed by atoms with van der Waals surface area (Å²) in [4.78, 5) is 19.9. The van der Waals surface area contributed by atoms with Crippen molar-refractivity contribution < 1.29 is 18.7 Å². The van der Waals surface area contributed by atoms with Crippen LogP contribution in [-0.2, 0) is 9.53 Å². The van der Waals surface area contributed by atoms with Crippen molar-refractivity contribution in [2.75, 3.05) is 7.11 Å². The Bertz CT molecular complexity index is 785. The van der Waals surface area contributed by atoms with E-state index in [4.69, 9.17) is 9.47 Å². The summed E-state index contributed by atoms with van der Waals surface area (Å²) in [6.45, 7) is 0. The number of carbonyl (C=O) groups excluding carboxylic acids is 1. The predicted molar refractivity (Wildman–Crippen MR) is 77.8 cm³/mol. The Balaban J connectivity index is 1.92. The Morgan fingerprint density at radius 2 is 2.18 bits per heavy atom. The summed E-state index contributed by atoms with van der Waals surface area (Å²) in [6.07, 6.45) is 4.61. The number of hydrogen-bond acceptors (Lipinski definition) is 5. The molecule has 5 nitrogen and oxygen atoms in total. The van der Waals surface area contributed by atoms with Gasteiger partial charge in [0.05, 0.1) is 12.7 Å². The zero-order valence-corrected chi connectivity index (χ0v) is 11.6. The summed E-state index contributed by atoms with van der Waals surface area (Å²) < 4.78 is 23.6. The molecule has 1 aliphatic heterocycles. The van der Waals surface area contributed by atoms with Crippen molar-refractivity contribution in [2.24, 2.45) is 4.99 Å². The summed E-state index contributed by atoms with van der Waals surface area (Å²) in [5.41, 5.74) is 1.19. The van der Waals surface area contributed by atoms with E-state index in [2.05, 4.69) is 9.98 Å². The molecule has 0 radical (unpaired) electrons. The number of hydrogen-bond donors (Lipinski definition) is 0. The molecule has 6 heteroatoms. The predicted octanol–water partition coefficient (Wildman–Crippen LogP) is 2.57. The number of cyclic esters (lactones) is 1. The van der Waals surface area contributed by atoms with Crippen LogP contribution < -0.4 is 4.74 Å². The van der Waals surface area contributed by atoms with E-state index in [1.807, 2.05) is 0 Å². The molecule has 0 bridgehead atoms. The first-order chi connectivity index (χ1) is 10.7. The van der Waals surface area contributed by atoms with Gasteiger partial charge in [-0.1, -0.05) is 6.07 Å². The molecule has 1 aliphatic rings. The molecule has 2 aromatic rings. The highest BCUT2D eigenvalue weighted by Crippen LogP contribution is 2.22. The van der Waals surface area contributed by atoms with E-state index in [1.165, 1.54) is 25.3 Å². The van der Waals surface area contributed by atoms with Crippen LogP contribution in [0.15, 0.2) is 53.4 Å². The Labute approximate surface area is 125 Å². The topological polar surface area (TPSA) is 60.8 Å². The van der Waals surface area contributed by atoms with Gasteiger partial charge in [0.15, 0.2) is 17.3 Å². The van der Waals surface area contributed by atoms with Gasteiger partial charge in [-0.05, 0) is 35.9 Å². The zero-order chi connectivity index (χ0) is 15.5. The molecular weight excluding hydrogens is 287 g/mol. The lowest BCUT2D eigenvalue weighted by Crippen LogP contribution is -2.05. The quantitative estimate of drug-likeness (QED) is 0.645. The van der Waals surface area contributed by atoms with Crippen LogP contribution in [0, 0.1) is 5.82 Å². The van der Waals surface area contributed by atoms with Crippen LogP contribution in [-0.4, -0.2) is 24.0 Å². The minimum absolute atomic E-state index is 0.100. The van der Waals surface area contributed by atoms with Crippen molar-refractivity contribution in [3.8, 4) is 5.75 Å². The van der Waals surface area contributed by atoms with Gasteiger partial charge in [-0.15, -0.1) is 0 Å². The van der Waals surface area contributed by atoms with Gasteiger partial charge in [-0.2, -0.15) is 0 Å². The summed E-state index contributed by atoms with van der Waals surface area (Å²) in [5, 5.41) is 0. The molecule has 0 amide bonds. The molecular formula is C16H11FN2O3. The molecule has 0 unspecified atom stereocenters. The van der Waals surface area contributed by atoms with Crippen LogP contribution in [0.4, 0.5) is 4.39 Å². The first-order valence-corrected chi connectivity index (χ1v) is 6.44. The fourth-order valence-electron chi connectivity index (χ4n) is 1.95. The number of methoxy groups -OCH3 is 1. The standard InChI is InChI=1S/C16H11FN2O3/c1-21-14-5-4-10(7-12(14)17)8-13-16(20)22-15(19-13)11-3-2-6-18-9-11/h2-9H,1H3/b13-8+. The molecule has 0 fully saturated rings. The number of ether oxygens (including phenoxy) is 2. The van der Waals surface area contributed by atoms with Gasteiger partial charge in [0.25, 0.3) is 0 Å². The smallest absolute Gasteiger partial charge is 0.363 e. The Kier molecular flexibility index (Phi) is 3.65. The molecule has 2 heterocycles. The highest BCUT2D eigenvalue weighted by molar-refractivity contribution is 6.12. The van der Waals surface area contributed by atoms with Crippen LogP contribution >= 0.6 is 0 Å². The monoisotopic (exact) mass is 298 g/mol. The number of aliphatic imine (C=N–C) groups is 1. The third-order valence-corrected chi connectivity index (χ3v) is 3.01. The average Bonchev–Trinajstić information content (AvgIpc) is 2.89. The van der Waals surface area contributed by atoms with Crippen LogP contribution in [0.1, 0.15) is 11.1 Å². The molecule has 1 aromatic carbocycles. The zero-order valence-electron chi connectivity index (χ0n) is 11.6. The number of esters is 1. The van der Waals surface area contributed by atoms with E-state index in [0.717, 1.165) is 0 Å². The van der Waals surface area contributed by atoms with Gasteiger partial charge >= 0.3 is 5.97 Å². The van der Waals surface area contributed by atoms with Crippen molar-refractivity contribution in [2.45, 2.75) is 0 Å². The van der Waals surface area contributed by atoms with E-state index in [0.29, 0.717) is 11.1 Å². The SMILES string of the molecule is COc1ccc(/C=C2/N=C(c3cccnc3)OC2=O)cc1F. The van der Waals surface area contributed by atoms with E-state index >= 15 is 0 Å². The Morgan fingerprint density at radius 1 is 1.32 bits per heavy atom. The number of aromatic nitrogens is 1. The summed E-state index contributed by atoms with van der Waals surface area (Å²) in [6, 6.07) is 7.81. The number of carbonyl (C=O) groups is 1. The van der Waals surface area contributed by atoms with E-state index in [9.17, 15) is 9.18 Å². The minimum atomic E-state index is -0.588. The molecule has 22 heavy (non-hydrogen) atoms. The van der Waals surface area contributed by atoms with E-state index in [-0.39, 0.29) is 17.3 Å². The lowest BCUT2D eigenvalue weighted by Gasteiger charge is -2.01. The lowest BCUT2D eigenvalue weighted by molar-refractivity contribution is -0.129. The van der Waals surface area contributed by atoms with E-state index < -0.39 is 11.8 Å². The fourth-order valence-corrected chi connectivity index (χ4v) is 1.95. The normalized spacial score (nSPS) is 15.6. The van der Waals surface area contributed by atoms with Gasteiger partial charge in [-0.3, -0.25) is 4.98 Å². The highest BCUT2D eigenvalue weighted by Gasteiger charge is 2.24. The summed E-state index contributed by atoms with van der Waals surface area (Å²) in [7, 11) is 1.38. The molecule has 1 aromatic heterocycles. The molecule has 0 saturated carbocycles. The molecule has 0 aliphatic carbocycles. The van der Waals surface area contributed by atoms with Crippen LogP contribution in [0.5, 0.6) is 5.75 Å². The maximum atomic E-state index is 13.6. The molecule has 0 atom stereocenters. The summed E-state index contributed by atoms with van der Waals surface area (Å²) >= 11 is 0. The number of rotatable bonds is 3. The molecule has 110 valence electrons. The van der Waals surface area contributed by atoms with E-state index in [1.54, 1.807) is 30.6 Å². The fraction of sp³-hybridized carbons (Fsp3) is 0.0625. The maximum Gasteiger partial charge on any atom is 0.363 e. The number of benzene rings is 1. The number of pyridine rings is 1. The van der Waals surface area contributed by atoms with Gasteiger partial charge < -0.3 is 9.47 Å². The Hall–Kier alpha value is -3.02. The van der Waals surface area contributed by atoms with Crippen molar-refractivity contribution in [3.63, 3.8) is 0 Å². The number of halogens is 1. The second kappa shape index (κ2) is 5.77.